The van der Waals surface area contributed by atoms with E-state index in [-0.39, 0.29) is 16.8 Å². The van der Waals surface area contributed by atoms with Gasteiger partial charge in [0.2, 0.25) is 0 Å². The first-order chi connectivity index (χ1) is 14.8. The van der Waals surface area contributed by atoms with Crippen LogP contribution in [0, 0.1) is 5.41 Å². The Morgan fingerprint density at radius 2 is 1.94 bits per heavy atom. The zero-order valence-electron chi connectivity index (χ0n) is 17.4. The number of aromatic nitrogens is 2. The lowest BCUT2D eigenvalue weighted by molar-refractivity contribution is 0.0910. The number of aromatic amines is 1. The molecule has 0 aliphatic heterocycles. The van der Waals surface area contributed by atoms with Crippen molar-refractivity contribution in [2.75, 3.05) is 5.32 Å². The molecular formula is C24H23N3O3S. The Kier molecular flexibility index (Phi) is 5.78. The van der Waals surface area contributed by atoms with Crippen LogP contribution in [0.5, 0.6) is 0 Å². The van der Waals surface area contributed by atoms with E-state index in [1.165, 1.54) is 6.07 Å². The van der Waals surface area contributed by atoms with E-state index in [4.69, 9.17) is 0 Å². The van der Waals surface area contributed by atoms with Crippen LogP contribution in [0.15, 0.2) is 64.5 Å². The molecule has 31 heavy (non-hydrogen) atoms. The maximum Gasteiger partial charge on any atom is 0.261 e. The highest BCUT2D eigenvalue weighted by Crippen LogP contribution is 2.33. The van der Waals surface area contributed by atoms with E-state index < -0.39 is 11.5 Å². The largest absolute Gasteiger partial charge is 0.325 e. The van der Waals surface area contributed by atoms with Crippen molar-refractivity contribution in [1.29, 1.82) is 0 Å². The second kappa shape index (κ2) is 8.51. The summed E-state index contributed by atoms with van der Waals surface area (Å²) in [6, 6.07) is 12.8. The standard InChI is InChI=1S/C24H23N3O3S/c1-24(2)11-20-18(21(28)12-24)10-19(23(30)27-20)22(29)26-16-5-7-17(8-6-16)31-14-15-4-3-9-25-13-15/h3-10,13H,11-12,14H2,1-2H3,(H,26,29)(H,27,30). The Morgan fingerprint density at radius 1 is 1.16 bits per heavy atom. The fraction of sp³-hybridized carbons (Fsp3) is 0.250. The summed E-state index contributed by atoms with van der Waals surface area (Å²) in [5, 5.41) is 2.75. The number of rotatable bonds is 5. The summed E-state index contributed by atoms with van der Waals surface area (Å²) >= 11 is 1.67. The van der Waals surface area contributed by atoms with Gasteiger partial charge in [0.1, 0.15) is 5.56 Å². The first kappa shape index (κ1) is 21.1. The fourth-order valence-corrected chi connectivity index (χ4v) is 4.51. The minimum absolute atomic E-state index is 0.0495. The highest BCUT2D eigenvalue weighted by Gasteiger charge is 2.32. The number of hydrogen-bond donors (Lipinski definition) is 2. The Morgan fingerprint density at radius 3 is 2.65 bits per heavy atom. The van der Waals surface area contributed by atoms with Gasteiger partial charge in [0.25, 0.3) is 11.5 Å². The van der Waals surface area contributed by atoms with Gasteiger partial charge < -0.3 is 10.3 Å². The molecular weight excluding hydrogens is 410 g/mol. The van der Waals surface area contributed by atoms with Gasteiger partial charge in [0, 0.05) is 46.4 Å². The molecule has 6 nitrogen and oxygen atoms in total. The maximum atomic E-state index is 12.7. The lowest BCUT2D eigenvalue weighted by Gasteiger charge is -2.29. The van der Waals surface area contributed by atoms with Crippen LogP contribution in [-0.4, -0.2) is 21.7 Å². The molecule has 0 bridgehead atoms. The number of carbonyl (C=O) groups excluding carboxylic acids is 2. The molecule has 158 valence electrons. The van der Waals surface area contributed by atoms with Crippen molar-refractivity contribution in [2.45, 2.75) is 37.3 Å². The maximum absolute atomic E-state index is 12.7. The van der Waals surface area contributed by atoms with E-state index in [2.05, 4.69) is 15.3 Å². The van der Waals surface area contributed by atoms with Gasteiger partial charge in [-0.05, 0) is 53.8 Å². The number of fused-ring (bicyclic) bond motifs is 1. The summed E-state index contributed by atoms with van der Waals surface area (Å²) < 4.78 is 0. The molecule has 0 atom stereocenters. The highest BCUT2D eigenvalue weighted by atomic mass is 32.2. The van der Waals surface area contributed by atoms with Crippen LogP contribution in [0.25, 0.3) is 0 Å². The van der Waals surface area contributed by atoms with Crippen molar-refractivity contribution >= 4 is 29.1 Å². The van der Waals surface area contributed by atoms with Gasteiger partial charge in [-0.1, -0.05) is 19.9 Å². The normalized spacial score (nSPS) is 14.7. The Bertz CT molecular complexity index is 1180. The molecule has 1 aromatic carbocycles. The molecule has 3 aromatic rings. The van der Waals surface area contributed by atoms with E-state index in [1.807, 2.05) is 44.3 Å². The number of nitrogens with zero attached hydrogens (tertiary/aromatic N) is 1. The lowest BCUT2D eigenvalue weighted by Crippen LogP contribution is -2.32. The van der Waals surface area contributed by atoms with Gasteiger partial charge in [0.05, 0.1) is 0 Å². The first-order valence-electron chi connectivity index (χ1n) is 10.0. The van der Waals surface area contributed by atoms with Crippen LogP contribution in [0.3, 0.4) is 0 Å². The Balaban J connectivity index is 1.45. The quantitative estimate of drug-likeness (QED) is 0.579. The molecule has 0 fully saturated rings. The molecule has 0 saturated heterocycles. The molecule has 2 N–H and O–H groups in total. The average molecular weight is 434 g/mol. The van der Waals surface area contributed by atoms with Gasteiger partial charge in [-0.15, -0.1) is 11.8 Å². The number of benzene rings is 1. The van der Waals surface area contributed by atoms with Gasteiger partial charge in [-0.3, -0.25) is 19.4 Å². The van der Waals surface area contributed by atoms with Gasteiger partial charge >= 0.3 is 0 Å². The number of H-pyrrole nitrogens is 1. The third kappa shape index (κ3) is 4.94. The van der Waals surface area contributed by atoms with Crippen LogP contribution in [-0.2, 0) is 12.2 Å². The summed E-state index contributed by atoms with van der Waals surface area (Å²) in [4.78, 5) is 45.6. The number of thioether (sulfide) groups is 1. The topological polar surface area (TPSA) is 91.9 Å². The number of pyridine rings is 2. The van der Waals surface area contributed by atoms with Gasteiger partial charge in [-0.2, -0.15) is 0 Å². The molecule has 1 amide bonds. The molecule has 0 saturated carbocycles. The molecule has 0 radical (unpaired) electrons. The summed E-state index contributed by atoms with van der Waals surface area (Å²) in [6.45, 7) is 3.98. The number of carbonyl (C=O) groups is 2. The van der Waals surface area contributed by atoms with Crippen LogP contribution in [0.2, 0.25) is 0 Å². The van der Waals surface area contributed by atoms with Crippen LogP contribution < -0.4 is 10.9 Å². The van der Waals surface area contributed by atoms with Crippen molar-refractivity contribution in [3.05, 3.63) is 87.6 Å². The minimum Gasteiger partial charge on any atom is -0.325 e. The third-order valence-electron chi connectivity index (χ3n) is 5.20. The Labute approximate surface area is 184 Å². The number of ketones is 1. The van der Waals surface area contributed by atoms with Crippen molar-refractivity contribution < 1.29 is 9.59 Å². The van der Waals surface area contributed by atoms with Crippen molar-refractivity contribution in [3.8, 4) is 0 Å². The second-order valence-electron chi connectivity index (χ2n) is 8.47. The average Bonchev–Trinajstić information content (AvgIpc) is 2.72. The highest BCUT2D eigenvalue weighted by molar-refractivity contribution is 7.98. The molecule has 0 unspecified atom stereocenters. The van der Waals surface area contributed by atoms with Crippen LogP contribution in [0.1, 0.15) is 52.2 Å². The number of amides is 1. The first-order valence-corrected chi connectivity index (χ1v) is 11.0. The van der Waals surface area contributed by atoms with E-state index in [1.54, 1.807) is 30.1 Å². The van der Waals surface area contributed by atoms with E-state index in [0.717, 1.165) is 16.2 Å². The summed E-state index contributed by atoms with van der Waals surface area (Å²) in [5.41, 5.74) is 2.03. The van der Waals surface area contributed by atoms with Gasteiger partial charge in [0.15, 0.2) is 5.78 Å². The molecule has 1 aliphatic carbocycles. The second-order valence-corrected chi connectivity index (χ2v) is 9.52. The molecule has 2 aromatic heterocycles. The van der Waals surface area contributed by atoms with Crippen molar-refractivity contribution in [3.63, 3.8) is 0 Å². The molecule has 4 rings (SSSR count). The number of anilines is 1. The number of hydrogen-bond acceptors (Lipinski definition) is 5. The number of nitrogens with one attached hydrogen (secondary N) is 2. The number of Topliss-reactive ketones (excluding diaryl/α,β-unsaturated/α-hetero) is 1. The monoisotopic (exact) mass is 433 g/mol. The smallest absolute Gasteiger partial charge is 0.261 e. The lowest BCUT2D eigenvalue weighted by atomic mass is 9.75. The Hall–Kier alpha value is -3.19. The van der Waals surface area contributed by atoms with Crippen LogP contribution >= 0.6 is 11.8 Å². The zero-order chi connectivity index (χ0) is 22.0. The van der Waals surface area contributed by atoms with Crippen molar-refractivity contribution in [2.24, 2.45) is 5.41 Å². The summed E-state index contributed by atoms with van der Waals surface area (Å²) in [6.07, 6.45) is 4.58. The zero-order valence-corrected chi connectivity index (χ0v) is 18.2. The van der Waals surface area contributed by atoms with Gasteiger partial charge in [-0.25, -0.2) is 0 Å². The molecule has 7 heteroatoms. The predicted octanol–water partition coefficient (Wildman–Crippen LogP) is 4.47. The predicted molar refractivity (Wildman–Crippen MR) is 122 cm³/mol. The SMILES string of the molecule is CC1(C)CC(=O)c2cc(C(=O)Nc3ccc(SCc4cccnc4)cc3)c(=O)[nH]c2C1. The summed E-state index contributed by atoms with van der Waals surface area (Å²) in [5.74, 6) is 0.221. The van der Waals surface area contributed by atoms with E-state index >= 15 is 0 Å². The van der Waals surface area contributed by atoms with Crippen molar-refractivity contribution in [1.82, 2.24) is 9.97 Å². The fourth-order valence-electron chi connectivity index (χ4n) is 3.68. The molecule has 1 aliphatic rings. The third-order valence-corrected chi connectivity index (χ3v) is 6.29. The van der Waals surface area contributed by atoms with E-state index in [0.29, 0.717) is 29.8 Å². The molecule has 2 heterocycles. The molecule has 0 spiro atoms. The minimum atomic E-state index is -0.530. The van der Waals surface area contributed by atoms with Crippen LogP contribution in [0.4, 0.5) is 5.69 Å². The van der Waals surface area contributed by atoms with E-state index in [9.17, 15) is 14.4 Å². The summed E-state index contributed by atoms with van der Waals surface area (Å²) in [7, 11) is 0.